The number of rotatable bonds is 3. The molecule has 1 heterocycles. The number of aromatic nitrogens is 2. The fraction of sp³-hybridized carbons (Fsp3) is 0.118. The van der Waals surface area contributed by atoms with Gasteiger partial charge in [0, 0.05) is 11.3 Å². The number of anilines is 1. The van der Waals surface area contributed by atoms with Gasteiger partial charge in [0.25, 0.3) is 0 Å². The first-order valence-corrected chi connectivity index (χ1v) is 6.78. The number of H-pyrrole nitrogens is 1. The lowest BCUT2D eigenvalue weighted by Crippen LogP contribution is -1.90. The molecule has 0 saturated carbocycles. The van der Waals surface area contributed by atoms with E-state index in [0.717, 1.165) is 23.2 Å². The van der Waals surface area contributed by atoms with Crippen LogP contribution in [0.25, 0.3) is 22.3 Å². The van der Waals surface area contributed by atoms with Crippen LogP contribution in [0.5, 0.6) is 0 Å². The van der Waals surface area contributed by atoms with Gasteiger partial charge in [0.15, 0.2) is 5.82 Å². The Labute approximate surface area is 118 Å². The van der Waals surface area contributed by atoms with E-state index in [0.29, 0.717) is 5.82 Å². The first-order valence-electron chi connectivity index (χ1n) is 6.78. The zero-order valence-corrected chi connectivity index (χ0v) is 11.4. The monoisotopic (exact) mass is 263 g/mol. The summed E-state index contributed by atoms with van der Waals surface area (Å²) in [6.45, 7) is 2.09. The van der Waals surface area contributed by atoms with Crippen LogP contribution < -0.4 is 5.73 Å². The molecule has 3 N–H and O–H groups in total. The van der Waals surface area contributed by atoms with Crippen molar-refractivity contribution in [2.75, 3.05) is 5.73 Å². The lowest BCUT2D eigenvalue weighted by Gasteiger charge is -2.06. The molecule has 0 radical (unpaired) electrons. The van der Waals surface area contributed by atoms with Crippen molar-refractivity contribution < 1.29 is 0 Å². The third-order valence-corrected chi connectivity index (χ3v) is 3.48. The van der Waals surface area contributed by atoms with Crippen molar-refractivity contribution >= 4 is 5.82 Å². The minimum atomic E-state index is 0.562. The lowest BCUT2D eigenvalue weighted by molar-refractivity contribution is 0.978. The van der Waals surface area contributed by atoms with Gasteiger partial charge in [0.2, 0.25) is 0 Å². The first kappa shape index (κ1) is 12.5. The third kappa shape index (κ3) is 2.18. The summed E-state index contributed by atoms with van der Waals surface area (Å²) in [5.74, 6) is 0.562. The molecule has 0 fully saturated rings. The maximum absolute atomic E-state index is 6.00. The van der Waals surface area contributed by atoms with Crippen molar-refractivity contribution in [2.24, 2.45) is 0 Å². The van der Waals surface area contributed by atoms with Crippen molar-refractivity contribution in [3.8, 4) is 22.3 Å². The molecule has 100 valence electrons. The lowest BCUT2D eigenvalue weighted by atomic mass is 9.98. The van der Waals surface area contributed by atoms with E-state index in [2.05, 4.69) is 53.5 Å². The molecule has 0 aliphatic rings. The molecule has 0 spiro atoms. The van der Waals surface area contributed by atoms with Crippen molar-refractivity contribution in [3.05, 3.63) is 60.3 Å². The molecule has 3 heteroatoms. The molecular weight excluding hydrogens is 246 g/mol. The van der Waals surface area contributed by atoms with E-state index in [1.165, 1.54) is 11.1 Å². The quantitative estimate of drug-likeness (QED) is 0.753. The van der Waals surface area contributed by atoms with Gasteiger partial charge in [-0.15, -0.1) is 0 Å². The number of benzene rings is 2. The first-order chi connectivity index (χ1) is 9.79. The Morgan fingerprint density at radius 1 is 0.950 bits per heavy atom. The summed E-state index contributed by atoms with van der Waals surface area (Å²) in [4.78, 5) is 0. The second kappa shape index (κ2) is 5.21. The fourth-order valence-electron chi connectivity index (χ4n) is 2.46. The second-order valence-corrected chi connectivity index (χ2v) is 4.76. The van der Waals surface area contributed by atoms with Crippen LogP contribution in [0.15, 0.2) is 54.6 Å². The van der Waals surface area contributed by atoms with Crippen LogP contribution in [-0.2, 0) is 6.42 Å². The van der Waals surface area contributed by atoms with Crippen LogP contribution in [0.3, 0.4) is 0 Å². The average Bonchev–Trinajstić information content (AvgIpc) is 2.89. The van der Waals surface area contributed by atoms with Crippen LogP contribution in [0.2, 0.25) is 0 Å². The SMILES string of the molecule is CCc1[nH]nc(N)c1-c1cccc(-c2ccccc2)c1. The Balaban J connectivity index is 2.10. The predicted molar refractivity (Wildman–Crippen MR) is 83.3 cm³/mol. The number of aromatic amines is 1. The molecular formula is C17H17N3. The highest BCUT2D eigenvalue weighted by Crippen LogP contribution is 2.31. The van der Waals surface area contributed by atoms with Gasteiger partial charge in [-0.2, -0.15) is 5.10 Å². The summed E-state index contributed by atoms with van der Waals surface area (Å²) in [5, 5.41) is 7.13. The van der Waals surface area contributed by atoms with E-state index in [9.17, 15) is 0 Å². The van der Waals surface area contributed by atoms with Gasteiger partial charge in [-0.3, -0.25) is 5.10 Å². The molecule has 0 aliphatic heterocycles. The Morgan fingerprint density at radius 2 is 1.65 bits per heavy atom. The Hall–Kier alpha value is -2.55. The van der Waals surface area contributed by atoms with E-state index in [1.54, 1.807) is 0 Å². The van der Waals surface area contributed by atoms with Gasteiger partial charge in [0.05, 0.1) is 0 Å². The maximum Gasteiger partial charge on any atom is 0.153 e. The van der Waals surface area contributed by atoms with Crippen molar-refractivity contribution in [3.63, 3.8) is 0 Å². The van der Waals surface area contributed by atoms with Gasteiger partial charge in [-0.05, 0) is 29.2 Å². The van der Waals surface area contributed by atoms with Crippen LogP contribution in [-0.4, -0.2) is 10.2 Å². The highest BCUT2D eigenvalue weighted by atomic mass is 15.2. The molecule has 0 atom stereocenters. The van der Waals surface area contributed by atoms with Gasteiger partial charge in [-0.25, -0.2) is 0 Å². The number of nitrogens with two attached hydrogens (primary N) is 1. The second-order valence-electron chi connectivity index (χ2n) is 4.76. The van der Waals surface area contributed by atoms with Crippen LogP contribution in [0, 0.1) is 0 Å². The molecule has 3 rings (SSSR count). The fourth-order valence-corrected chi connectivity index (χ4v) is 2.46. The largest absolute Gasteiger partial charge is 0.382 e. The zero-order valence-electron chi connectivity index (χ0n) is 11.4. The minimum absolute atomic E-state index is 0.562. The van der Waals surface area contributed by atoms with Gasteiger partial charge < -0.3 is 5.73 Å². The zero-order chi connectivity index (χ0) is 13.9. The number of hydrogen-bond acceptors (Lipinski definition) is 2. The highest BCUT2D eigenvalue weighted by Gasteiger charge is 2.12. The smallest absolute Gasteiger partial charge is 0.153 e. The van der Waals surface area contributed by atoms with Crippen LogP contribution >= 0.6 is 0 Å². The Bertz CT molecular complexity index is 714. The molecule has 3 nitrogen and oxygen atoms in total. The molecule has 2 aromatic carbocycles. The maximum atomic E-state index is 6.00. The summed E-state index contributed by atoms with van der Waals surface area (Å²) in [6, 6.07) is 18.7. The van der Waals surface area contributed by atoms with E-state index >= 15 is 0 Å². The van der Waals surface area contributed by atoms with E-state index in [-0.39, 0.29) is 0 Å². The van der Waals surface area contributed by atoms with Crippen LogP contribution in [0.1, 0.15) is 12.6 Å². The molecule has 20 heavy (non-hydrogen) atoms. The van der Waals surface area contributed by atoms with Gasteiger partial charge >= 0.3 is 0 Å². The van der Waals surface area contributed by atoms with E-state index in [4.69, 9.17) is 5.73 Å². The van der Waals surface area contributed by atoms with E-state index in [1.807, 2.05) is 18.2 Å². The molecule has 3 aromatic rings. The molecule has 0 saturated heterocycles. The van der Waals surface area contributed by atoms with Crippen molar-refractivity contribution in [2.45, 2.75) is 13.3 Å². The summed E-state index contributed by atoms with van der Waals surface area (Å²) in [5.41, 5.74) is 11.6. The minimum Gasteiger partial charge on any atom is -0.382 e. The molecule has 0 amide bonds. The number of aryl methyl sites for hydroxylation is 1. The molecule has 0 bridgehead atoms. The normalized spacial score (nSPS) is 10.7. The number of hydrogen-bond donors (Lipinski definition) is 2. The molecule has 1 aromatic heterocycles. The van der Waals surface area contributed by atoms with Crippen molar-refractivity contribution in [1.29, 1.82) is 0 Å². The summed E-state index contributed by atoms with van der Waals surface area (Å²) in [6.07, 6.45) is 0.884. The standard InChI is InChI=1S/C17H17N3/c1-2-15-16(17(18)20-19-15)14-10-6-9-13(11-14)12-7-4-3-5-8-12/h3-11H,2H2,1H3,(H3,18,19,20). The third-order valence-electron chi connectivity index (χ3n) is 3.48. The number of nitrogens with zero attached hydrogens (tertiary/aromatic N) is 1. The molecule has 0 unspecified atom stereocenters. The topological polar surface area (TPSA) is 54.7 Å². The van der Waals surface area contributed by atoms with Crippen LogP contribution in [0.4, 0.5) is 5.82 Å². The van der Waals surface area contributed by atoms with E-state index < -0.39 is 0 Å². The average molecular weight is 263 g/mol. The van der Waals surface area contributed by atoms with Crippen molar-refractivity contribution in [1.82, 2.24) is 10.2 Å². The summed E-state index contributed by atoms with van der Waals surface area (Å²) < 4.78 is 0. The summed E-state index contributed by atoms with van der Waals surface area (Å²) >= 11 is 0. The molecule has 0 aliphatic carbocycles. The number of nitrogens with one attached hydrogen (secondary N) is 1. The van der Waals surface area contributed by atoms with Gasteiger partial charge in [0.1, 0.15) is 0 Å². The predicted octanol–water partition coefficient (Wildman–Crippen LogP) is 3.89. The Kier molecular flexibility index (Phi) is 3.25. The highest BCUT2D eigenvalue weighted by molar-refractivity contribution is 5.80. The number of nitrogen functional groups attached to an aromatic ring is 1. The Morgan fingerprint density at radius 3 is 2.40 bits per heavy atom. The van der Waals surface area contributed by atoms with Gasteiger partial charge in [-0.1, -0.05) is 55.5 Å². The summed E-state index contributed by atoms with van der Waals surface area (Å²) in [7, 11) is 0.